The molecule has 4 nitrogen and oxygen atoms in total. The van der Waals surface area contributed by atoms with E-state index >= 15 is 0 Å². The topological polar surface area (TPSA) is 47.3 Å². The highest BCUT2D eigenvalue weighted by Gasteiger charge is 2.38. The lowest BCUT2D eigenvalue weighted by Gasteiger charge is -2.39. The minimum absolute atomic E-state index is 0.0108. The first-order chi connectivity index (χ1) is 8.69. The second kappa shape index (κ2) is 5.85. The molecular weight excluding hydrogens is 228 g/mol. The van der Waals surface area contributed by atoms with Crippen molar-refractivity contribution in [3.63, 3.8) is 0 Å². The summed E-state index contributed by atoms with van der Waals surface area (Å²) in [4.78, 5) is 4.36. The number of methoxy groups -OCH3 is 1. The molecule has 0 aromatic carbocycles. The first-order valence-electron chi connectivity index (χ1n) is 6.92. The van der Waals surface area contributed by atoms with E-state index in [0.717, 1.165) is 43.9 Å². The van der Waals surface area contributed by atoms with Crippen molar-refractivity contribution in [1.82, 2.24) is 10.3 Å². The fourth-order valence-corrected chi connectivity index (χ4v) is 2.39. The van der Waals surface area contributed by atoms with Crippen molar-refractivity contribution in [1.29, 1.82) is 0 Å². The van der Waals surface area contributed by atoms with Gasteiger partial charge in [0.2, 0.25) is 5.89 Å². The van der Waals surface area contributed by atoms with Gasteiger partial charge in [-0.1, -0.05) is 6.92 Å². The number of oxazole rings is 1. The molecule has 4 heteroatoms. The highest BCUT2D eigenvalue weighted by atomic mass is 16.5. The number of hydrogen-bond acceptors (Lipinski definition) is 4. The Hall–Kier alpha value is -0.870. The summed E-state index contributed by atoms with van der Waals surface area (Å²) in [7, 11) is 1.79. The molecule has 18 heavy (non-hydrogen) atoms. The van der Waals surface area contributed by atoms with Crippen LogP contribution in [-0.2, 0) is 11.2 Å². The normalized spacial score (nSPS) is 19.5. The molecule has 0 spiro atoms. The zero-order chi connectivity index (χ0) is 13.0. The third kappa shape index (κ3) is 2.93. The predicted molar refractivity (Wildman–Crippen MR) is 70.5 cm³/mol. The van der Waals surface area contributed by atoms with Crippen LogP contribution in [0.5, 0.6) is 0 Å². The molecule has 1 heterocycles. The van der Waals surface area contributed by atoms with E-state index in [0.29, 0.717) is 0 Å². The lowest BCUT2D eigenvalue weighted by molar-refractivity contribution is -0.0739. The van der Waals surface area contributed by atoms with Crippen LogP contribution in [0.1, 0.15) is 57.2 Å². The molecule has 1 saturated carbocycles. The van der Waals surface area contributed by atoms with E-state index in [1.165, 1.54) is 6.42 Å². The van der Waals surface area contributed by atoms with Gasteiger partial charge in [0.05, 0.1) is 17.8 Å². The Labute approximate surface area is 109 Å². The summed E-state index contributed by atoms with van der Waals surface area (Å²) in [6.07, 6.45) is 7.32. The number of rotatable bonds is 7. The maximum absolute atomic E-state index is 5.82. The maximum Gasteiger partial charge on any atom is 0.211 e. The summed E-state index contributed by atoms with van der Waals surface area (Å²) in [5.74, 6) is 1.72. The molecule has 1 aliphatic carbocycles. The summed E-state index contributed by atoms with van der Waals surface area (Å²) < 4.78 is 11.4. The lowest BCUT2D eigenvalue weighted by Crippen LogP contribution is -2.41. The fraction of sp³-hybridized carbons (Fsp3) is 0.786. The lowest BCUT2D eigenvalue weighted by atomic mass is 9.77. The van der Waals surface area contributed by atoms with Gasteiger partial charge in [-0.25, -0.2) is 4.98 Å². The van der Waals surface area contributed by atoms with Gasteiger partial charge in [-0.3, -0.25) is 0 Å². The van der Waals surface area contributed by atoms with Crippen molar-refractivity contribution in [3.8, 4) is 0 Å². The van der Waals surface area contributed by atoms with Crippen molar-refractivity contribution in [2.24, 2.45) is 0 Å². The van der Waals surface area contributed by atoms with Crippen LogP contribution in [0.2, 0.25) is 0 Å². The molecule has 1 aliphatic rings. The van der Waals surface area contributed by atoms with Gasteiger partial charge in [0.15, 0.2) is 0 Å². The van der Waals surface area contributed by atoms with Crippen LogP contribution in [0.25, 0.3) is 0 Å². The number of nitrogens with zero attached hydrogens (tertiary/aromatic N) is 1. The van der Waals surface area contributed by atoms with Crippen LogP contribution < -0.4 is 5.32 Å². The van der Waals surface area contributed by atoms with Gasteiger partial charge in [-0.2, -0.15) is 0 Å². The number of ether oxygens (including phenoxy) is 1. The summed E-state index contributed by atoms with van der Waals surface area (Å²) in [5, 5.41) is 3.38. The molecule has 0 bridgehead atoms. The molecule has 1 atom stereocenters. The summed E-state index contributed by atoms with van der Waals surface area (Å²) >= 11 is 0. The van der Waals surface area contributed by atoms with Gasteiger partial charge < -0.3 is 14.5 Å². The maximum atomic E-state index is 5.82. The molecular formula is C14H24N2O2. The SMILES string of the molecule is CCCNC(C)c1ncc(CC2(OC)CCC2)o1. The first kappa shape index (κ1) is 13.6. The largest absolute Gasteiger partial charge is 0.444 e. The molecule has 2 rings (SSSR count). The van der Waals surface area contributed by atoms with Crippen molar-refractivity contribution in [3.05, 3.63) is 17.8 Å². The van der Waals surface area contributed by atoms with Crippen LogP contribution >= 0.6 is 0 Å². The molecule has 1 aromatic rings. The zero-order valence-electron chi connectivity index (χ0n) is 11.7. The Bertz CT molecular complexity index is 366. The Morgan fingerprint density at radius 3 is 2.89 bits per heavy atom. The third-order valence-electron chi connectivity index (χ3n) is 3.84. The minimum atomic E-state index is 0.0108. The van der Waals surface area contributed by atoms with Gasteiger partial charge in [0, 0.05) is 13.5 Å². The number of nitrogens with one attached hydrogen (secondary N) is 1. The van der Waals surface area contributed by atoms with Gasteiger partial charge in [-0.15, -0.1) is 0 Å². The molecule has 102 valence electrons. The molecule has 0 radical (unpaired) electrons. The molecule has 1 unspecified atom stereocenters. The van der Waals surface area contributed by atoms with Gasteiger partial charge in [-0.05, 0) is 39.2 Å². The summed E-state index contributed by atoms with van der Waals surface area (Å²) in [6, 6.07) is 0.179. The van der Waals surface area contributed by atoms with Crippen molar-refractivity contribution in [2.75, 3.05) is 13.7 Å². The molecule has 0 amide bonds. The highest BCUT2D eigenvalue weighted by molar-refractivity contribution is 5.05. The monoisotopic (exact) mass is 252 g/mol. The predicted octanol–water partition coefficient (Wildman–Crippen LogP) is 2.85. The molecule has 1 aromatic heterocycles. The Morgan fingerprint density at radius 1 is 1.56 bits per heavy atom. The molecule has 0 aliphatic heterocycles. The third-order valence-corrected chi connectivity index (χ3v) is 3.84. The summed E-state index contributed by atoms with van der Waals surface area (Å²) in [5.41, 5.74) is 0.0108. The van der Waals surface area contributed by atoms with Crippen LogP contribution in [0, 0.1) is 0 Å². The second-order valence-corrected chi connectivity index (χ2v) is 5.26. The molecule has 0 saturated heterocycles. The molecule has 1 N–H and O–H groups in total. The Kier molecular flexibility index (Phi) is 4.40. The smallest absolute Gasteiger partial charge is 0.211 e. The second-order valence-electron chi connectivity index (χ2n) is 5.26. The van der Waals surface area contributed by atoms with E-state index in [1.807, 2.05) is 6.20 Å². The molecule has 1 fully saturated rings. The standard InChI is InChI=1S/C14H24N2O2/c1-4-8-15-11(2)13-16-10-12(18-13)9-14(17-3)6-5-7-14/h10-11,15H,4-9H2,1-3H3. The van der Waals surface area contributed by atoms with Gasteiger partial charge in [0.1, 0.15) is 5.76 Å². The number of aromatic nitrogens is 1. The zero-order valence-corrected chi connectivity index (χ0v) is 11.7. The van der Waals surface area contributed by atoms with E-state index < -0.39 is 0 Å². The van der Waals surface area contributed by atoms with Crippen LogP contribution in [0.4, 0.5) is 0 Å². The van der Waals surface area contributed by atoms with Gasteiger partial charge in [0.25, 0.3) is 0 Å². The van der Waals surface area contributed by atoms with Crippen molar-refractivity contribution in [2.45, 2.75) is 57.6 Å². The highest BCUT2D eigenvalue weighted by Crippen LogP contribution is 2.38. The van der Waals surface area contributed by atoms with Crippen LogP contribution in [-0.4, -0.2) is 24.2 Å². The van der Waals surface area contributed by atoms with Crippen LogP contribution in [0.3, 0.4) is 0 Å². The summed E-state index contributed by atoms with van der Waals surface area (Å²) in [6.45, 7) is 5.22. The van der Waals surface area contributed by atoms with Crippen LogP contribution in [0.15, 0.2) is 10.6 Å². The van der Waals surface area contributed by atoms with E-state index in [-0.39, 0.29) is 11.6 Å². The van der Waals surface area contributed by atoms with E-state index in [2.05, 4.69) is 24.1 Å². The number of hydrogen-bond donors (Lipinski definition) is 1. The average Bonchev–Trinajstić information content (AvgIpc) is 2.79. The van der Waals surface area contributed by atoms with Crippen molar-refractivity contribution >= 4 is 0 Å². The van der Waals surface area contributed by atoms with Gasteiger partial charge >= 0.3 is 0 Å². The first-order valence-corrected chi connectivity index (χ1v) is 6.92. The van der Waals surface area contributed by atoms with Crippen molar-refractivity contribution < 1.29 is 9.15 Å². The quantitative estimate of drug-likeness (QED) is 0.810. The minimum Gasteiger partial charge on any atom is -0.444 e. The Balaban J connectivity index is 1.93. The van der Waals surface area contributed by atoms with E-state index in [9.17, 15) is 0 Å². The van der Waals surface area contributed by atoms with E-state index in [1.54, 1.807) is 7.11 Å². The fourth-order valence-electron chi connectivity index (χ4n) is 2.39. The average molecular weight is 252 g/mol. The Morgan fingerprint density at radius 2 is 2.33 bits per heavy atom. The van der Waals surface area contributed by atoms with E-state index in [4.69, 9.17) is 9.15 Å².